The first kappa shape index (κ1) is 12.0. The van der Waals surface area contributed by atoms with E-state index in [9.17, 15) is 0 Å². The standard InChI is InChI=1S/C16H25N3/c1-3-17-16(12-7-8-18-19(12)4-2)15-13-10-5-6-11(9-10)14(13)15/h7-8,10-11,13-17H,3-6,9H2,1-2H3. The molecule has 3 aliphatic rings. The summed E-state index contributed by atoms with van der Waals surface area (Å²) in [7, 11) is 0. The second kappa shape index (κ2) is 4.34. The monoisotopic (exact) mass is 259 g/mol. The van der Waals surface area contributed by atoms with E-state index in [0.29, 0.717) is 6.04 Å². The van der Waals surface area contributed by atoms with E-state index in [1.54, 1.807) is 0 Å². The minimum absolute atomic E-state index is 0.547. The van der Waals surface area contributed by atoms with Crippen molar-refractivity contribution in [3.8, 4) is 0 Å². The van der Waals surface area contributed by atoms with Gasteiger partial charge >= 0.3 is 0 Å². The number of rotatable bonds is 5. The Morgan fingerprint density at radius 1 is 1.32 bits per heavy atom. The van der Waals surface area contributed by atoms with Gasteiger partial charge in [0.05, 0.1) is 11.7 Å². The minimum Gasteiger partial charge on any atom is -0.309 e. The van der Waals surface area contributed by atoms with Crippen LogP contribution in [0.5, 0.6) is 0 Å². The zero-order chi connectivity index (χ0) is 13.0. The highest BCUT2D eigenvalue weighted by molar-refractivity contribution is 5.21. The maximum atomic E-state index is 4.47. The third kappa shape index (κ3) is 1.63. The molecule has 5 atom stereocenters. The fourth-order valence-corrected chi connectivity index (χ4v) is 5.37. The van der Waals surface area contributed by atoms with Crippen molar-refractivity contribution in [1.29, 1.82) is 0 Å². The number of fused-ring (bicyclic) bond motifs is 5. The molecule has 0 aliphatic heterocycles. The van der Waals surface area contributed by atoms with Gasteiger partial charge in [0, 0.05) is 12.7 Å². The zero-order valence-electron chi connectivity index (χ0n) is 12.0. The Labute approximate surface area is 115 Å². The van der Waals surface area contributed by atoms with Gasteiger partial charge in [-0.3, -0.25) is 4.68 Å². The van der Waals surface area contributed by atoms with Crippen molar-refractivity contribution < 1.29 is 0 Å². The smallest absolute Gasteiger partial charge is 0.0556 e. The van der Waals surface area contributed by atoms with Gasteiger partial charge in [-0.15, -0.1) is 0 Å². The summed E-state index contributed by atoms with van der Waals surface area (Å²) in [5.41, 5.74) is 1.42. The van der Waals surface area contributed by atoms with Crippen LogP contribution in [0.3, 0.4) is 0 Å². The molecule has 104 valence electrons. The van der Waals surface area contributed by atoms with Crippen molar-refractivity contribution in [3.63, 3.8) is 0 Å². The van der Waals surface area contributed by atoms with E-state index in [-0.39, 0.29) is 0 Å². The van der Waals surface area contributed by atoms with Crippen LogP contribution in [0, 0.1) is 29.6 Å². The van der Waals surface area contributed by atoms with Crippen LogP contribution in [0.4, 0.5) is 0 Å². The minimum atomic E-state index is 0.547. The zero-order valence-corrected chi connectivity index (χ0v) is 12.0. The molecule has 0 radical (unpaired) electrons. The molecule has 3 nitrogen and oxygen atoms in total. The van der Waals surface area contributed by atoms with Crippen LogP contribution >= 0.6 is 0 Å². The molecular weight excluding hydrogens is 234 g/mol. The molecule has 2 bridgehead atoms. The SMILES string of the molecule is CCNC(c1ccnn1CC)C1C2C3CCC(C3)C21. The molecule has 0 aromatic carbocycles. The van der Waals surface area contributed by atoms with Gasteiger partial charge in [0.15, 0.2) is 0 Å². The molecule has 1 aromatic rings. The summed E-state index contributed by atoms with van der Waals surface area (Å²) < 4.78 is 2.18. The molecule has 0 saturated heterocycles. The summed E-state index contributed by atoms with van der Waals surface area (Å²) in [5.74, 6) is 5.07. The first-order valence-corrected chi connectivity index (χ1v) is 8.10. The Kier molecular flexibility index (Phi) is 2.73. The van der Waals surface area contributed by atoms with Crippen molar-refractivity contribution in [1.82, 2.24) is 15.1 Å². The van der Waals surface area contributed by atoms with Crippen LogP contribution < -0.4 is 5.32 Å². The van der Waals surface area contributed by atoms with Gasteiger partial charge in [-0.05, 0) is 68.4 Å². The Morgan fingerprint density at radius 2 is 2.05 bits per heavy atom. The fourth-order valence-electron chi connectivity index (χ4n) is 5.37. The van der Waals surface area contributed by atoms with Gasteiger partial charge in [0.1, 0.15) is 0 Å². The van der Waals surface area contributed by atoms with Gasteiger partial charge in [0.25, 0.3) is 0 Å². The maximum absolute atomic E-state index is 4.47. The number of hydrogen-bond acceptors (Lipinski definition) is 2. The average Bonchev–Trinajstić information content (AvgIpc) is 2.83. The Hall–Kier alpha value is -0.830. The van der Waals surface area contributed by atoms with Crippen molar-refractivity contribution >= 4 is 0 Å². The molecule has 4 rings (SSSR count). The molecule has 19 heavy (non-hydrogen) atoms. The first-order valence-electron chi connectivity index (χ1n) is 8.10. The maximum Gasteiger partial charge on any atom is 0.0556 e. The second-order valence-corrected chi connectivity index (χ2v) is 6.67. The first-order chi connectivity index (χ1) is 9.35. The lowest BCUT2D eigenvalue weighted by molar-refractivity contribution is 0.358. The number of hydrogen-bond donors (Lipinski definition) is 1. The molecule has 3 saturated carbocycles. The highest BCUT2D eigenvalue weighted by Crippen LogP contribution is 2.72. The molecule has 1 aromatic heterocycles. The third-order valence-electron chi connectivity index (χ3n) is 5.97. The van der Waals surface area contributed by atoms with Crippen molar-refractivity contribution in [2.45, 2.75) is 45.7 Å². The Balaban J connectivity index is 1.60. The largest absolute Gasteiger partial charge is 0.309 e. The molecule has 1 heterocycles. The van der Waals surface area contributed by atoms with E-state index in [2.05, 4.69) is 35.0 Å². The molecule has 0 spiro atoms. The topological polar surface area (TPSA) is 29.9 Å². The fraction of sp³-hybridized carbons (Fsp3) is 0.812. The number of aromatic nitrogens is 2. The van der Waals surface area contributed by atoms with Gasteiger partial charge in [-0.1, -0.05) is 6.92 Å². The van der Waals surface area contributed by atoms with Gasteiger partial charge < -0.3 is 5.32 Å². The summed E-state index contributed by atoms with van der Waals surface area (Å²) in [5, 5.41) is 8.23. The molecule has 3 aliphatic carbocycles. The van der Waals surface area contributed by atoms with E-state index in [4.69, 9.17) is 0 Å². The second-order valence-electron chi connectivity index (χ2n) is 6.67. The third-order valence-corrected chi connectivity index (χ3v) is 5.97. The van der Waals surface area contributed by atoms with E-state index in [0.717, 1.165) is 42.7 Å². The summed E-state index contributed by atoms with van der Waals surface area (Å²) in [4.78, 5) is 0. The van der Waals surface area contributed by atoms with Crippen LogP contribution in [0.2, 0.25) is 0 Å². The van der Waals surface area contributed by atoms with Crippen LogP contribution in [-0.4, -0.2) is 16.3 Å². The van der Waals surface area contributed by atoms with E-state index in [1.165, 1.54) is 25.0 Å². The summed E-state index contributed by atoms with van der Waals surface area (Å²) in [6.07, 6.45) is 6.52. The summed E-state index contributed by atoms with van der Waals surface area (Å²) >= 11 is 0. The van der Waals surface area contributed by atoms with Crippen molar-refractivity contribution in [2.24, 2.45) is 29.6 Å². The van der Waals surface area contributed by atoms with Crippen LogP contribution in [0.15, 0.2) is 12.3 Å². The quantitative estimate of drug-likeness (QED) is 0.881. The lowest BCUT2D eigenvalue weighted by Crippen LogP contribution is -2.27. The number of nitrogens with one attached hydrogen (secondary N) is 1. The molecule has 0 amide bonds. The Bertz CT molecular complexity index is 450. The molecular formula is C16H25N3. The van der Waals surface area contributed by atoms with Gasteiger partial charge in [0.2, 0.25) is 0 Å². The lowest BCUT2D eigenvalue weighted by atomic mass is 9.95. The number of aryl methyl sites for hydroxylation is 1. The predicted octanol–water partition coefficient (Wildman–Crippen LogP) is 2.85. The van der Waals surface area contributed by atoms with Gasteiger partial charge in [-0.25, -0.2) is 0 Å². The van der Waals surface area contributed by atoms with Crippen LogP contribution in [0.1, 0.15) is 44.8 Å². The summed E-state index contributed by atoms with van der Waals surface area (Å²) in [6.45, 7) is 6.47. The van der Waals surface area contributed by atoms with Gasteiger partial charge in [-0.2, -0.15) is 5.10 Å². The molecule has 3 fully saturated rings. The van der Waals surface area contributed by atoms with E-state index >= 15 is 0 Å². The predicted molar refractivity (Wildman–Crippen MR) is 75.6 cm³/mol. The number of nitrogens with zero attached hydrogens (tertiary/aromatic N) is 2. The van der Waals surface area contributed by atoms with Crippen molar-refractivity contribution in [3.05, 3.63) is 18.0 Å². The van der Waals surface area contributed by atoms with E-state index in [1.807, 2.05) is 6.20 Å². The Morgan fingerprint density at radius 3 is 2.68 bits per heavy atom. The van der Waals surface area contributed by atoms with Crippen LogP contribution in [0.25, 0.3) is 0 Å². The van der Waals surface area contributed by atoms with Crippen molar-refractivity contribution in [2.75, 3.05) is 6.54 Å². The lowest BCUT2D eigenvalue weighted by Gasteiger charge is -2.22. The highest BCUT2D eigenvalue weighted by atomic mass is 15.3. The average molecular weight is 259 g/mol. The summed E-state index contributed by atoms with van der Waals surface area (Å²) in [6, 6.07) is 2.78. The highest BCUT2D eigenvalue weighted by Gasteiger charge is 2.66. The molecule has 5 unspecified atom stereocenters. The molecule has 1 N–H and O–H groups in total. The molecule has 3 heteroatoms. The van der Waals surface area contributed by atoms with Crippen LogP contribution in [-0.2, 0) is 6.54 Å². The normalized spacial score (nSPS) is 40.4. The van der Waals surface area contributed by atoms with E-state index < -0.39 is 0 Å².